The molecular weight excluding hydrogens is 406 g/mol. The van der Waals surface area contributed by atoms with Crippen molar-refractivity contribution in [1.82, 2.24) is 10.3 Å². The number of halogens is 1. The third kappa shape index (κ3) is 4.36. The number of aromatic nitrogens is 1. The number of rotatable bonds is 5. The van der Waals surface area contributed by atoms with Crippen LogP contribution in [0.2, 0.25) is 5.02 Å². The summed E-state index contributed by atoms with van der Waals surface area (Å²) in [7, 11) is 0. The van der Waals surface area contributed by atoms with Crippen LogP contribution < -0.4 is 20.1 Å². The summed E-state index contributed by atoms with van der Waals surface area (Å²) < 4.78 is 11.3. The largest absolute Gasteiger partial charge is 0.490 e. The van der Waals surface area contributed by atoms with E-state index in [1.54, 1.807) is 12.1 Å². The zero-order valence-electron chi connectivity index (χ0n) is 16.5. The van der Waals surface area contributed by atoms with Gasteiger partial charge in [-0.1, -0.05) is 29.8 Å². The minimum Gasteiger partial charge on any atom is -0.490 e. The van der Waals surface area contributed by atoms with Crippen LogP contribution in [0.15, 0.2) is 42.6 Å². The Labute approximate surface area is 178 Å². The molecule has 1 unspecified atom stereocenters. The topological polar surface area (TPSA) is 92.5 Å². The number of anilines is 1. The molecule has 3 aromatic rings. The zero-order valence-corrected chi connectivity index (χ0v) is 17.2. The molecule has 1 aliphatic heterocycles. The predicted molar refractivity (Wildman–Crippen MR) is 115 cm³/mol. The number of fused-ring (bicyclic) bond motifs is 2. The molecule has 0 fully saturated rings. The van der Waals surface area contributed by atoms with Crippen molar-refractivity contribution in [3.63, 3.8) is 0 Å². The predicted octanol–water partition coefficient (Wildman–Crippen LogP) is 3.67. The highest BCUT2D eigenvalue weighted by molar-refractivity contribution is 6.34. The number of aromatic amines is 1. The van der Waals surface area contributed by atoms with Gasteiger partial charge < -0.3 is 25.1 Å². The fourth-order valence-corrected chi connectivity index (χ4v) is 3.68. The number of H-pyrrole nitrogens is 1. The van der Waals surface area contributed by atoms with Crippen LogP contribution in [0.5, 0.6) is 11.5 Å². The van der Waals surface area contributed by atoms with Gasteiger partial charge in [-0.3, -0.25) is 9.59 Å². The zero-order chi connectivity index (χ0) is 21.1. The number of hydrogen-bond donors (Lipinski definition) is 3. The molecule has 2 aromatic carbocycles. The van der Waals surface area contributed by atoms with Gasteiger partial charge in [0.25, 0.3) is 0 Å². The van der Waals surface area contributed by atoms with Crippen LogP contribution in [-0.2, 0) is 16.0 Å². The first kappa shape index (κ1) is 20.1. The van der Waals surface area contributed by atoms with Crippen LogP contribution in [-0.4, -0.2) is 36.1 Å². The molecule has 0 saturated heterocycles. The lowest BCUT2D eigenvalue weighted by molar-refractivity contribution is -0.125. The Hall–Kier alpha value is -3.19. The Balaban J connectivity index is 1.57. The molecule has 8 heteroatoms. The maximum absolute atomic E-state index is 13.0. The molecule has 1 aliphatic rings. The van der Waals surface area contributed by atoms with Crippen LogP contribution in [0.1, 0.15) is 18.9 Å². The lowest BCUT2D eigenvalue weighted by atomic mass is 10.0. The van der Waals surface area contributed by atoms with E-state index in [9.17, 15) is 9.59 Å². The standard InChI is InChI=1S/C22H22ClN3O4/c1-13(27)25-19(9-14-12-24-17-6-3-2-5-15(14)17)22(28)26-18-11-21-20(10-16(18)23)29-7-4-8-30-21/h2-3,5-6,10-12,19,24H,4,7-9H2,1H3,(H,25,27)(H,26,28). The number of hydrogen-bond acceptors (Lipinski definition) is 4. The van der Waals surface area contributed by atoms with Gasteiger partial charge in [-0.2, -0.15) is 0 Å². The van der Waals surface area contributed by atoms with Gasteiger partial charge >= 0.3 is 0 Å². The van der Waals surface area contributed by atoms with Crippen molar-refractivity contribution in [3.8, 4) is 11.5 Å². The molecule has 0 bridgehead atoms. The normalized spacial score (nSPS) is 14.1. The van der Waals surface area contributed by atoms with E-state index in [1.807, 2.05) is 30.5 Å². The Kier molecular flexibility index (Phi) is 5.81. The number of carbonyl (C=O) groups is 2. The Morgan fingerprint density at radius 2 is 1.90 bits per heavy atom. The Morgan fingerprint density at radius 1 is 1.17 bits per heavy atom. The van der Waals surface area contributed by atoms with Crippen LogP contribution in [0.25, 0.3) is 10.9 Å². The third-order valence-corrected chi connectivity index (χ3v) is 5.20. The van der Waals surface area contributed by atoms with Crippen molar-refractivity contribution < 1.29 is 19.1 Å². The van der Waals surface area contributed by atoms with Gasteiger partial charge in [0.2, 0.25) is 11.8 Å². The molecule has 7 nitrogen and oxygen atoms in total. The second-order valence-electron chi connectivity index (χ2n) is 7.14. The maximum atomic E-state index is 13.0. The van der Waals surface area contributed by atoms with Crippen molar-refractivity contribution in [2.24, 2.45) is 0 Å². The summed E-state index contributed by atoms with van der Waals surface area (Å²) >= 11 is 6.35. The lowest BCUT2D eigenvalue weighted by Gasteiger charge is -2.19. The van der Waals surface area contributed by atoms with Crippen molar-refractivity contribution in [1.29, 1.82) is 0 Å². The SMILES string of the molecule is CC(=O)NC(Cc1c[nH]c2ccccc12)C(=O)Nc1cc2c(cc1Cl)OCCCO2. The van der Waals surface area contributed by atoms with Gasteiger partial charge in [-0.25, -0.2) is 0 Å². The van der Waals surface area contributed by atoms with Crippen LogP contribution >= 0.6 is 11.6 Å². The van der Waals surface area contributed by atoms with Gasteiger partial charge in [0.1, 0.15) is 6.04 Å². The summed E-state index contributed by atoms with van der Waals surface area (Å²) in [6.45, 7) is 2.46. The van der Waals surface area contributed by atoms with Gasteiger partial charge in [0, 0.05) is 49.0 Å². The highest BCUT2D eigenvalue weighted by atomic mass is 35.5. The quantitative estimate of drug-likeness (QED) is 0.579. The van der Waals surface area contributed by atoms with E-state index in [2.05, 4.69) is 15.6 Å². The molecule has 0 saturated carbocycles. The molecule has 156 valence electrons. The number of amides is 2. The molecule has 2 amide bonds. The molecule has 3 N–H and O–H groups in total. The summed E-state index contributed by atoms with van der Waals surface area (Å²) in [6, 6.07) is 10.3. The molecule has 0 spiro atoms. The summed E-state index contributed by atoms with van der Waals surface area (Å²) in [6.07, 6.45) is 2.95. The molecule has 0 radical (unpaired) electrons. The van der Waals surface area contributed by atoms with Gasteiger partial charge in [-0.15, -0.1) is 0 Å². The maximum Gasteiger partial charge on any atom is 0.247 e. The van der Waals surface area contributed by atoms with Crippen LogP contribution in [0.3, 0.4) is 0 Å². The average Bonchev–Trinajstić information content (AvgIpc) is 2.98. The molecule has 2 heterocycles. The molecular formula is C22H22ClN3O4. The van der Waals surface area contributed by atoms with E-state index in [1.165, 1.54) is 6.92 Å². The van der Waals surface area contributed by atoms with Gasteiger partial charge in [0.05, 0.1) is 23.9 Å². The van der Waals surface area contributed by atoms with Gasteiger partial charge in [0.15, 0.2) is 11.5 Å². The number of ether oxygens (including phenoxy) is 2. The molecule has 1 aromatic heterocycles. The number of carbonyl (C=O) groups excluding carboxylic acids is 2. The van der Waals surface area contributed by atoms with Crippen molar-refractivity contribution in [2.45, 2.75) is 25.8 Å². The van der Waals surface area contributed by atoms with Gasteiger partial charge in [-0.05, 0) is 11.6 Å². The first-order chi connectivity index (χ1) is 14.5. The van der Waals surface area contributed by atoms with E-state index in [0.29, 0.717) is 41.8 Å². The van der Waals surface area contributed by atoms with Crippen molar-refractivity contribution in [3.05, 3.63) is 53.2 Å². The van der Waals surface area contributed by atoms with Crippen LogP contribution in [0.4, 0.5) is 5.69 Å². The first-order valence-electron chi connectivity index (χ1n) is 9.73. The minimum absolute atomic E-state index is 0.292. The number of nitrogens with one attached hydrogen (secondary N) is 3. The first-order valence-corrected chi connectivity index (χ1v) is 10.1. The van der Waals surface area contributed by atoms with Crippen LogP contribution in [0, 0.1) is 0 Å². The highest BCUT2D eigenvalue weighted by Crippen LogP contribution is 2.37. The Morgan fingerprint density at radius 3 is 2.67 bits per heavy atom. The fourth-order valence-electron chi connectivity index (χ4n) is 3.47. The fraction of sp³-hybridized carbons (Fsp3) is 0.273. The molecule has 4 rings (SSSR count). The molecule has 30 heavy (non-hydrogen) atoms. The van der Waals surface area contributed by atoms with Crippen molar-refractivity contribution in [2.75, 3.05) is 18.5 Å². The summed E-state index contributed by atoms with van der Waals surface area (Å²) in [5.41, 5.74) is 2.31. The smallest absolute Gasteiger partial charge is 0.247 e. The lowest BCUT2D eigenvalue weighted by Crippen LogP contribution is -2.44. The van der Waals surface area contributed by atoms with Crippen molar-refractivity contribution >= 4 is 40.0 Å². The monoisotopic (exact) mass is 427 g/mol. The molecule has 1 atom stereocenters. The highest BCUT2D eigenvalue weighted by Gasteiger charge is 2.23. The van der Waals surface area contributed by atoms with E-state index < -0.39 is 6.04 Å². The Bertz CT molecular complexity index is 1100. The minimum atomic E-state index is -0.770. The van der Waals surface area contributed by atoms with E-state index in [0.717, 1.165) is 22.9 Å². The third-order valence-electron chi connectivity index (χ3n) is 4.89. The number of para-hydroxylation sites is 1. The van der Waals surface area contributed by atoms with E-state index in [-0.39, 0.29) is 11.8 Å². The second-order valence-corrected chi connectivity index (χ2v) is 7.54. The van der Waals surface area contributed by atoms with E-state index >= 15 is 0 Å². The van der Waals surface area contributed by atoms with E-state index in [4.69, 9.17) is 21.1 Å². The average molecular weight is 428 g/mol. The summed E-state index contributed by atoms with van der Waals surface area (Å²) in [4.78, 5) is 28.0. The summed E-state index contributed by atoms with van der Waals surface area (Å²) in [5, 5.41) is 6.89. The summed E-state index contributed by atoms with van der Waals surface area (Å²) in [5.74, 6) is 0.416. The molecule has 0 aliphatic carbocycles. The number of benzene rings is 2. The second kappa shape index (κ2) is 8.67.